The zero-order chi connectivity index (χ0) is 23.7. The smallest absolute Gasteiger partial charge is 0.255 e. The summed E-state index contributed by atoms with van der Waals surface area (Å²) in [5, 5.41) is 11.8. The Labute approximate surface area is 198 Å². The van der Waals surface area contributed by atoms with Gasteiger partial charge in [0.25, 0.3) is 5.91 Å². The number of methoxy groups -OCH3 is 1. The van der Waals surface area contributed by atoms with Crippen molar-refractivity contribution in [3.8, 4) is 11.1 Å². The first-order valence-electron chi connectivity index (χ1n) is 11.9. The predicted octanol–water partition coefficient (Wildman–Crippen LogP) is 4.03. The quantitative estimate of drug-likeness (QED) is 0.383. The lowest BCUT2D eigenvalue weighted by atomic mass is 9.93. The molecular weight excluding hydrogens is 430 g/mol. The number of fused-ring (bicyclic) bond motifs is 2. The van der Waals surface area contributed by atoms with Crippen LogP contribution in [0.2, 0.25) is 0 Å². The van der Waals surface area contributed by atoms with Crippen molar-refractivity contribution in [1.82, 2.24) is 29.9 Å². The van der Waals surface area contributed by atoms with Crippen molar-refractivity contribution in [2.75, 3.05) is 19.0 Å². The Hall–Kier alpha value is -3.46. The molecule has 4 aromatic rings. The third-order valence-corrected chi connectivity index (χ3v) is 6.52. The minimum atomic E-state index is -0.0869. The number of nitrogens with zero attached hydrogens (tertiary/aromatic N) is 4. The summed E-state index contributed by atoms with van der Waals surface area (Å²) < 4.78 is 7.18. The zero-order valence-corrected chi connectivity index (χ0v) is 19.8. The third-order valence-electron chi connectivity index (χ3n) is 6.52. The van der Waals surface area contributed by atoms with Gasteiger partial charge >= 0.3 is 0 Å². The summed E-state index contributed by atoms with van der Waals surface area (Å²) in [5.41, 5.74) is 4.08. The molecule has 0 aliphatic heterocycles. The van der Waals surface area contributed by atoms with Gasteiger partial charge in [0.15, 0.2) is 0 Å². The standard InChI is InChI=1S/C25H31N7O2/c1-15(2)11-27-25-28-13-20-19(12-26-23(20)31-25)16-8-9-32-22(10-16)21(14-29-32)24(33)30-17-4-6-18(34-3)7-5-17/h8-10,12-15,17-18H,4-7,11H2,1-3H3,(H,30,33)(H2,26,27,28,31). The minimum Gasteiger partial charge on any atom is -0.381 e. The normalized spacial score (nSPS) is 18.6. The summed E-state index contributed by atoms with van der Waals surface area (Å²) in [6.45, 7) is 5.10. The second kappa shape index (κ2) is 9.42. The number of carbonyl (C=O) groups excluding carboxylic acids is 1. The summed E-state index contributed by atoms with van der Waals surface area (Å²) >= 11 is 0. The van der Waals surface area contributed by atoms with Crippen LogP contribution in [0.3, 0.4) is 0 Å². The van der Waals surface area contributed by atoms with Crippen LogP contribution in [0.25, 0.3) is 27.7 Å². The SMILES string of the molecule is COC1CCC(NC(=O)c2cnn3ccc(-c4c[nH]c5nc(NCC(C)C)ncc45)cc23)CC1. The van der Waals surface area contributed by atoms with Gasteiger partial charge in [0, 0.05) is 49.2 Å². The molecule has 9 nitrogen and oxygen atoms in total. The second-order valence-corrected chi connectivity index (χ2v) is 9.42. The Morgan fingerprint density at radius 2 is 2.09 bits per heavy atom. The lowest BCUT2D eigenvalue weighted by Crippen LogP contribution is -2.38. The maximum atomic E-state index is 13.1. The lowest BCUT2D eigenvalue weighted by Gasteiger charge is -2.28. The number of nitrogens with one attached hydrogen (secondary N) is 3. The molecule has 1 amide bonds. The van der Waals surface area contributed by atoms with Crippen LogP contribution < -0.4 is 10.6 Å². The molecule has 3 N–H and O–H groups in total. The van der Waals surface area contributed by atoms with Crippen molar-refractivity contribution in [3.63, 3.8) is 0 Å². The minimum absolute atomic E-state index is 0.0869. The number of rotatable bonds is 7. The van der Waals surface area contributed by atoms with Crippen LogP contribution in [0.15, 0.2) is 36.9 Å². The van der Waals surface area contributed by atoms with Crippen molar-refractivity contribution in [2.24, 2.45) is 5.92 Å². The van der Waals surface area contributed by atoms with Crippen LogP contribution >= 0.6 is 0 Å². The van der Waals surface area contributed by atoms with E-state index in [-0.39, 0.29) is 11.9 Å². The average Bonchev–Trinajstić information content (AvgIpc) is 3.46. The van der Waals surface area contributed by atoms with E-state index < -0.39 is 0 Å². The molecule has 4 aromatic heterocycles. The van der Waals surface area contributed by atoms with E-state index in [9.17, 15) is 4.79 Å². The molecule has 1 aliphatic rings. The molecule has 4 heterocycles. The lowest BCUT2D eigenvalue weighted by molar-refractivity contribution is 0.0599. The first-order chi connectivity index (χ1) is 16.5. The summed E-state index contributed by atoms with van der Waals surface area (Å²) in [6, 6.07) is 4.15. The largest absolute Gasteiger partial charge is 0.381 e. The number of carbonyl (C=O) groups is 1. The van der Waals surface area contributed by atoms with Gasteiger partial charge in [-0.3, -0.25) is 4.79 Å². The molecule has 0 saturated heterocycles. The van der Waals surface area contributed by atoms with E-state index in [0.29, 0.717) is 23.5 Å². The van der Waals surface area contributed by atoms with Gasteiger partial charge in [0.1, 0.15) is 5.65 Å². The number of aromatic amines is 1. The molecule has 0 spiro atoms. The van der Waals surface area contributed by atoms with Crippen molar-refractivity contribution >= 4 is 28.4 Å². The van der Waals surface area contributed by atoms with Crippen molar-refractivity contribution in [2.45, 2.75) is 51.7 Å². The van der Waals surface area contributed by atoms with E-state index in [1.807, 2.05) is 30.7 Å². The van der Waals surface area contributed by atoms with Crippen LogP contribution in [0, 0.1) is 5.92 Å². The Morgan fingerprint density at radius 1 is 1.26 bits per heavy atom. The number of anilines is 1. The molecule has 0 bridgehead atoms. The fraction of sp³-hybridized carbons (Fsp3) is 0.440. The fourth-order valence-electron chi connectivity index (χ4n) is 4.56. The van der Waals surface area contributed by atoms with Gasteiger partial charge in [-0.1, -0.05) is 13.8 Å². The number of aromatic nitrogens is 5. The molecule has 0 radical (unpaired) electrons. The van der Waals surface area contributed by atoms with Crippen molar-refractivity contribution in [3.05, 3.63) is 42.5 Å². The van der Waals surface area contributed by atoms with Gasteiger partial charge in [-0.15, -0.1) is 0 Å². The number of ether oxygens (including phenoxy) is 1. The first kappa shape index (κ1) is 22.3. The van der Waals surface area contributed by atoms with E-state index in [2.05, 4.69) is 44.5 Å². The zero-order valence-electron chi connectivity index (χ0n) is 19.8. The van der Waals surface area contributed by atoms with Crippen LogP contribution in [0.4, 0.5) is 5.95 Å². The molecule has 5 rings (SSSR count). The van der Waals surface area contributed by atoms with E-state index in [1.165, 1.54) is 0 Å². The Bertz CT molecular complexity index is 1300. The van der Waals surface area contributed by atoms with E-state index in [0.717, 1.165) is 59.9 Å². The van der Waals surface area contributed by atoms with Gasteiger partial charge in [-0.05, 0) is 49.3 Å². The number of pyridine rings is 1. The Morgan fingerprint density at radius 3 is 2.85 bits per heavy atom. The van der Waals surface area contributed by atoms with Crippen LogP contribution in [0.5, 0.6) is 0 Å². The Kier molecular flexibility index (Phi) is 6.19. The molecule has 0 unspecified atom stereocenters. The molecule has 1 saturated carbocycles. The van der Waals surface area contributed by atoms with Gasteiger partial charge in [-0.2, -0.15) is 10.1 Å². The highest BCUT2D eigenvalue weighted by molar-refractivity contribution is 6.02. The van der Waals surface area contributed by atoms with Crippen molar-refractivity contribution in [1.29, 1.82) is 0 Å². The van der Waals surface area contributed by atoms with Gasteiger partial charge < -0.3 is 20.4 Å². The third kappa shape index (κ3) is 4.48. The molecule has 1 fully saturated rings. The molecule has 0 aromatic carbocycles. The summed E-state index contributed by atoms with van der Waals surface area (Å²) in [5.74, 6) is 1.03. The molecule has 1 aliphatic carbocycles. The van der Waals surface area contributed by atoms with E-state index in [1.54, 1.807) is 17.8 Å². The second-order valence-electron chi connectivity index (χ2n) is 9.42. The fourth-order valence-corrected chi connectivity index (χ4v) is 4.56. The van der Waals surface area contributed by atoms with Crippen LogP contribution in [0.1, 0.15) is 49.9 Å². The topological polar surface area (TPSA) is 109 Å². The van der Waals surface area contributed by atoms with Gasteiger partial charge in [0.2, 0.25) is 5.95 Å². The first-order valence-corrected chi connectivity index (χ1v) is 11.9. The highest BCUT2D eigenvalue weighted by Crippen LogP contribution is 2.29. The monoisotopic (exact) mass is 461 g/mol. The van der Waals surface area contributed by atoms with Crippen LogP contribution in [-0.2, 0) is 4.74 Å². The van der Waals surface area contributed by atoms with Gasteiger partial charge in [-0.25, -0.2) is 9.50 Å². The molecule has 178 valence electrons. The number of hydrogen-bond acceptors (Lipinski definition) is 6. The van der Waals surface area contributed by atoms with E-state index >= 15 is 0 Å². The molecule has 9 heteroatoms. The van der Waals surface area contributed by atoms with Gasteiger partial charge in [0.05, 0.1) is 23.4 Å². The van der Waals surface area contributed by atoms with Crippen molar-refractivity contribution < 1.29 is 9.53 Å². The average molecular weight is 462 g/mol. The highest BCUT2D eigenvalue weighted by Gasteiger charge is 2.24. The summed E-state index contributed by atoms with van der Waals surface area (Å²) in [4.78, 5) is 25.4. The molecular formula is C25H31N7O2. The maximum Gasteiger partial charge on any atom is 0.255 e. The maximum absolute atomic E-state index is 13.1. The number of H-pyrrole nitrogens is 1. The highest BCUT2D eigenvalue weighted by atomic mass is 16.5. The number of amides is 1. The Balaban J connectivity index is 1.38. The van der Waals surface area contributed by atoms with E-state index in [4.69, 9.17) is 4.74 Å². The molecule has 0 atom stereocenters. The van der Waals surface area contributed by atoms with Crippen LogP contribution in [-0.4, -0.2) is 56.3 Å². The summed E-state index contributed by atoms with van der Waals surface area (Å²) in [6.07, 6.45) is 11.4. The predicted molar refractivity (Wildman–Crippen MR) is 132 cm³/mol. The molecule has 34 heavy (non-hydrogen) atoms. The number of hydrogen-bond donors (Lipinski definition) is 3. The summed E-state index contributed by atoms with van der Waals surface area (Å²) in [7, 11) is 1.75.